The van der Waals surface area contributed by atoms with Gasteiger partial charge in [0, 0.05) is 38.9 Å². The highest BCUT2D eigenvalue weighted by Gasteiger charge is 2.52. The van der Waals surface area contributed by atoms with Crippen LogP contribution in [0.2, 0.25) is 0 Å². The van der Waals surface area contributed by atoms with Crippen molar-refractivity contribution >= 4 is 0 Å². The van der Waals surface area contributed by atoms with E-state index in [1.807, 2.05) is 97.1 Å². The molecule has 7 aromatic carbocycles. The lowest BCUT2D eigenvalue weighted by molar-refractivity contribution is 0.436. The molecule has 0 amide bonds. The first-order valence-electron chi connectivity index (χ1n) is 18.7. The minimum atomic E-state index is -0.749. The number of rotatable bonds is 5. The number of benzene rings is 7. The van der Waals surface area contributed by atoms with E-state index in [-0.39, 0.29) is 0 Å². The smallest absolute Gasteiger partial charge is 0.164 e. The van der Waals surface area contributed by atoms with Crippen LogP contribution < -0.4 is 4.74 Å². The summed E-state index contributed by atoms with van der Waals surface area (Å²) in [5.74, 6) is 3.47. The van der Waals surface area contributed by atoms with Crippen LogP contribution in [0.4, 0.5) is 0 Å². The normalized spacial score (nSPS) is 12.9. The third-order valence-electron chi connectivity index (χ3n) is 10.9. The molecule has 6 nitrogen and oxygen atoms in total. The Balaban J connectivity index is 1.19. The molecule has 0 saturated carbocycles. The molecule has 0 unspecified atom stereocenters. The summed E-state index contributed by atoms with van der Waals surface area (Å²) in [4.78, 5) is 15.5. The molecule has 9 aromatic rings. The monoisotopic (exact) mass is 717 g/mol. The van der Waals surface area contributed by atoms with E-state index in [4.69, 9.17) is 24.8 Å². The maximum Gasteiger partial charge on any atom is 0.164 e. The van der Waals surface area contributed by atoms with Crippen molar-refractivity contribution in [3.63, 3.8) is 0 Å². The summed E-state index contributed by atoms with van der Waals surface area (Å²) in [6.45, 7) is 0. The molecule has 0 atom stereocenters. The average molecular weight is 718 g/mol. The predicted molar refractivity (Wildman–Crippen MR) is 220 cm³/mol. The molecule has 6 heteroatoms. The van der Waals surface area contributed by atoms with Gasteiger partial charge in [-0.1, -0.05) is 158 Å². The highest BCUT2D eigenvalue weighted by molar-refractivity contribution is 5.95. The first-order valence-corrected chi connectivity index (χ1v) is 18.7. The fraction of sp³-hybridized carbons (Fsp3) is 0.0200. The van der Waals surface area contributed by atoms with Crippen LogP contribution in [0.1, 0.15) is 22.3 Å². The van der Waals surface area contributed by atoms with Gasteiger partial charge in [0.05, 0.1) is 16.8 Å². The predicted octanol–water partition coefficient (Wildman–Crippen LogP) is 11.5. The van der Waals surface area contributed by atoms with Crippen LogP contribution in [0.3, 0.4) is 0 Å². The van der Waals surface area contributed by atoms with Gasteiger partial charge in [0.15, 0.2) is 17.5 Å². The van der Waals surface area contributed by atoms with Gasteiger partial charge in [0.2, 0.25) is 0 Å². The van der Waals surface area contributed by atoms with Crippen LogP contribution in [-0.4, -0.2) is 25.1 Å². The highest BCUT2D eigenvalue weighted by Crippen LogP contribution is 2.64. The second kappa shape index (κ2) is 12.8. The fourth-order valence-corrected chi connectivity index (χ4v) is 8.49. The molecule has 0 N–H and O–H groups in total. The van der Waals surface area contributed by atoms with Crippen molar-refractivity contribution in [1.29, 1.82) is 0 Å². The third-order valence-corrected chi connectivity index (χ3v) is 10.9. The van der Waals surface area contributed by atoms with Gasteiger partial charge in [0.25, 0.3) is 0 Å². The molecule has 2 aromatic heterocycles. The number of hydrogen-bond donors (Lipinski definition) is 0. The van der Waals surface area contributed by atoms with Gasteiger partial charge < -0.3 is 4.74 Å². The first-order chi connectivity index (χ1) is 27.8. The van der Waals surface area contributed by atoms with Crippen molar-refractivity contribution in [2.75, 3.05) is 0 Å². The molecule has 1 aliphatic heterocycles. The molecule has 2 aliphatic rings. The van der Waals surface area contributed by atoms with Crippen molar-refractivity contribution in [2.24, 2.45) is 0 Å². The Hall–Kier alpha value is -7.57. The van der Waals surface area contributed by atoms with Crippen molar-refractivity contribution < 1.29 is 4.74 Å². The van der Waals surface area contributed by atoms with Crippen LogP contribution in [-0.2, 0) is 5.41 Å². The van der Waals surface area contributed by atoms with Gasteiger partial charge in [-0.25, -0.2) is 15.0 Å². The molecular weight excluding hydrogens is 687 g/mol. The Labute approximate surface area is 323 Å². The molecule has 1 aliphatic carbocycles. The Kier molecular flexibility index (Phi) is 7.29. The standard InChI is InChI=1S/C50H31N5O/c1-4-15-32(16-5-1)42-29-30-43(55-54-42)35-27-28-39-38(31-35)36-21-14-22-37(46(36)50(39)40-23-10-12-25-44(40)56-45-26-13-11-24-41(45)50)49-52-47(33-17-6-2-7-18-33)51-48(53-49)34-19-8-3-9-20-34/h1-31H. The van der Waals surface area contributed by atoms with Gasteiger partial charge in [-0.2, -0.15) is 0 Å². The zero-order chi connectivity index (χ0) is 37.1. The zero-order valence-electron chi connectivity index (χ0n) is 30.0. The van der Waals surface area contributed by atoms with Crippen LogP contribution in [0.25, 0.3) is 67.8 Å². The topological polar surface area (TPSA) is 73.7 Å². The number of nitrogens with zero attached hydrogens (tertiary/aromatic N) is 5. The lowest BCUT2D eigenvalue weighted by Gasteiger charge is -2.40. The number of para-hydroxylation sites is 2. The molecule has 11 rings (SSSR count). The second-order valence-electron chi connectivity index (χ2n) is 14.0. The minimum absolute atomic E-state index is 0.603. The number of ether oxygens (including phenoxy) is 1. The Morgan fingerprint density at radius 3 is 1.43 bits per heavy atom. The van der Waals surface area contributed by atoms with Crippen molar-refractivity contribution in [1.82, 2.24) is 25.1 Å². The lowest BCUT2D eigenvalue weighted by Crippen LogP contribution is -2.32. The summed E-state index contributed by atoms with van der Waals surface area (Å²) in [6, 6.07) is 64.4. The molecule has 56 heavy (non-hydrogen) atoms. The molecule has 0 bridgehead atoms. The maximum absolute atomic E-state index is 6.67. The third kappa shape index (κ3) is 4.93. The lowest BCUT2D eigenvalue weighted by atomic mass is 9.65. The highest BCUT2D eigenvalue weighted by atomic mass is 16.5. The fourth-order valence-electron chi connectivity index (χ4n) is 8.49. The zero-order valence-corrected chi connectivity index (χ0v) is 30.0. The molecule has 0 radical (unpaired) electrons. The van der Waals surface area contributed by atoms with Gasteiger partial charge in [-0.15, -0.1) is 10.2 Å². The largest absolute Gasteiger partial charge is 0.457 e. The Bertz CT molecular complexity index is 2830. The van der Waals surface area contributed by atoms with Gasteiger partial charge in [-0.05, 0) is 52.6 Å². The summed E-state index contributed by atoms with van der Waals surface area (Å²) < 4.78 is 6.67. The molecule has 262 valence electrons. The Morgan fingerprint density at radius 1 is 0.339 bits per heavy atom. The summed E-state index contributed by atoms with van der Waals surface area (Å²) in [5.41, 5.74) is 12.3. The van der Waals surface area contributed by atoms with Crippen molar-refractivity contribution in [3.05, 3.63) is 210 Å². The summed E-state index contributed by atoms with van der Waals surface area (Å²) in [7, 11) is 0. The first kappa shape index (κ1) is 31.9. The van der Waals surface area contributed by atoms with Crippen LogP contribution in [0.15, 0.2) is 188 Å². The summed E-state index contributed by atoms with van der Waals surface area (Å²) in [6.07, 6.45) is 0. The SMILES string of the molecule is c1ccc(-c2ccc(-c3ccc4c(c3)-c3cccc(-c5nc(-c6ccccc6)nc(-c6ccccc6)n5)c3C43c4ccccc4Oc4ccccc43)nn2)cc1. The van der Waals surface area contributed by atoms with E-state index in [1.165, 1.54) is 0 Å². The quantitative estimate of drug-likeness (QED) is 0.176. The van der Waals surface area contributed by atoms with Gasteiger partial charge >= 0.3 is 0 Å². The van der Waals surface area contributed by atoms with Crippen molar-refractivity contribution in [2.45, 2.75) is 5.41 Å². The molecule has 0 fully saturated rings. The molecular formula is C50H31N5O. The van der Waals surface area contributed by atoms with Gasteiger partial charge in [-0.3, -0.25) is 0 Å². The molecule has 3 heterocycles. The van der Waals surface area contributed by atoms with E-state index in [0.29, 0.717) is 17.5 Å². The molecule has 0 saturated heterocycles. The van der Waals surface area contributed by atoms with Crippen LogP contribution >= 0.6 is 0 Å². The van der Waals surface area contributed by atoms with Crippen LogP contribution in [0.5, 0.6) is 11.5 Å². The maximum atomic E-state index is 6.67. The van der Waals surface area contributed by atoms with E-state index >= 15 is 0 Å². The number of hydrogen-bond acceptors (Lipinski definition) is 6. The molecule has 1 spiro atoms. The average Bonchev–Trinajstić information content (AvgIpc) is 3.57. The van der Waals surface area contributed by atoms with E-state index in [9.17, 15) is 0 Å². The second-order valence-corrected chi connectivity index (χ2v) is 14.0. The van der Waals surface area contributed by atoms with Crippen LogP contribution in [0, 0.1) is 0 Å². The summed E-state index contributed by atoms with van der Waals surface area (Å²) in [5, 5.41) is 9.37. The van der Waals surface area contributed by atoms with Gasteiger partial charge in [0.1, 0.15) is 11.5 Å². The van der Waals surface area contributed by atoms with E-state index in [2.05, 4.69) is 96.1 Å². The van der Waals surface area contributed by atoms with E-state index < -0.39 is 5.41 Å². The number of fused-ring (bicyclic) bond motifs is 9. The number of aromatic nitrogens is 5. The van der Waals surface area contributed by atoms with Crippen molar-refractivity contribution in [3.8, 4) is 79.3 Å². The summed E-state index contributed by atoms with van der Waals surface area (Å²) >= 11 is 0. The van der Waals surface area contributed by atoms with E-state index in [0.717, 1.165) is 84.1 Å². The minimum Gasteiger partial charge on any atom is -0.457 e. The Morgan fingerprint density at radius 2 is 0.839 bits per heavy atom. The van der Waals surface area contributed by atoms with E-state index in [1.54, 1.807) is 0 Å².